The lowest BCUT2D eigenvalue weighted by molar-refractivity contribution is 0.658. The minimum absolute atomic E-state index is 0.484. The number of rotatable bonds is 4. The van der Waals surface area contributed by atoms with Crippen LogP contribution in [0.4, 0.5) is 0 Å². The number of benzene rings is 6. The van der Waals surface area contributed by atoms with E-state index in [4.69, 9.17) is 18.8 Å². The van der Waals surface area contributed by atoms with Crippen molar-refractivity contribution in [2.24, 2.45) is 9.98 Å². The van der Waals surface area contributed by atoms with Crippen molar-refractivity contribution in [3.63, 3.8) is 0 Å². The minimum atomic E-state index is -0.484. The van der Waals surface area contributed by atoms with Gasteiger partial charge in [0.05, 0.1) is 6.20 Å². The quantitative estimate of drug-likeness (QED) is 0.213. The zero-order chi connectivity index (χ0) is 31.6. The van der Waals surface area contributed by atoms with Crippen LogP contribution in [0.3, 0.4) is 0 Å². The van der Waals surface area contributed by atoms with Crippen molar-refractivity contribution in [1.29, 1.82) is 0 Å². The van der Waals surface area contributed by atoms with E-state index >= 15 is 0 Å². The molecule has 0 spiro atoms. The van der Waals surface area contributed by atoms with Gasteiger partial charge in [0, 0.05) is 50.0 Å². The van der Waals surface area contributed by atoms with Gasteiger partial charge in [0.25, 0.3) is 0 Å². The zero-order valence-corrected chi connectivity index (χ0v) is 25.6. The van der Waals surface area contributed by atoms with Gasteiger partial charge in [-0.3, -0.25) is 4.98 Å². The van der Waals surface area contributed by atoms with Crippen LogP contribution in [0.25, 0.3) is 65.8 Å². The third-order valence-electron chi connectivity index (χ3n) is 9.23. The van der Waals surface area contributed by atoms with Crippen LogP contribution in [0.1, 0.15) is 22.9 Å². The summed E-state index contributed by atoms with van der Waals surface area (Å²) in [6.07, 6.45) is 3.20. The molecule has 1 N–H and O–H groups in total. The largest absolute Gasteiger partial charge is 0.456 e. The van der Waals surface area contributed by atoms with Crippen LogP contribution in [-0.4, -0.2) is 16.7 Å². The molecule has 4 heterocycles. The van der Waals surface area contributed by atoms with Crippen molar-refractivity contribution in [2.75, 3.05) is 0 Å². The zero-order valence-electron chi connectivity index (χ0n) is 25.6. The van der Waals surface area contributed by atoms with Crippen LogP contribution < -0.4 is 5.32 Å². The van der Waals surface area contributed by atoms with Crippen LogP contribution in [-0.2, 0) is 0 Å². The first-order valence-corrected chi connectivity index (χ1v) is 16.0. The summed E-state index contributed by atoms with van der Waals surface area (Å²) in [5.41, 5.74) is 8.09. The number of aliphatic imine (C=N–C) groups is 2. The van der Waals surface area contributed by atoms with Gasteiger partial charge in [-0.05, 0) is 34.5 Å². The maximum Gasteiger partial charge on any atom is 0.160 e. The first-order valence-electron chi connectivity index (χ1n) is 16.0. The van der Waals surface area contributed by atoms with Crippen molar-refractivity contribution in [2.45, 2.75) is 6.17 Å². The molecule has 0 fully saturated rings. The van der Waals surface area contributed by atoms with E-state index in [1.165, 1.54) is 10.8 Å². The molecular weight excluding hydrogens is 592 g/mol. The Morgan fingerprint density at radius 3 is 2.25 bits per heavy atom. The molecule has 6 heteroatoms. The van der Waals surface area contributed by atoms with E-state index < -0.39 is 6.17 Å². The normalized spacial score (nSPS) is 14.9. The SMILES string of the molecule is c1ccc(C2=NC(c3cccc4oc5ccccc5c34)=NC(c3cncc4oc5c(-c6ccc7ccccc7c6)cccc5c34)N2)cc1. The summed E-state index contributed by atoms with van der Waals surface area (Å²) < 4.78 is 12.9. The predicted molar refractivity (Wildman–Crippen MR) is 194 cm³/mol. The van der Waals surface area contributed by atoms with E-state index in [0.717, 1.165) is 71.9 Å². The molecule has 48 heavy (non-hydrogen) atoms. The molecule has 1 aliphatic rings. The lowest BCUT2D eigenvalue weighted by Crippen LogP contribution is -2.33. The summed E-state index contributed by atoms with van der Waals surface area (Å²) in [5.74, 6) is 1.36. The fourth-order valence-electron chi connectivity index (χ4n) is 7.00. The number of para-hydroxylation sites is 2. The second-order valence-electron chi connectivity index (χ2n) is 12.1. The molecule has 0 saturated carbocycles. The Hall–Kier alpha value is -6.53. The molecule has 1 aliphatic heterocycles. The molecule has 9 aromatic rings. The summed E-state index contributed by atoms with van der Waals surface area (Å²) in [4.78, 5) is 15.0. The number of aromatic nitrogens is 1. The highest BCUT2D eigenvalue weighted by Crippen LogP contribution is 2.40. The fraction of sp³-hybridized carbons (Fsp3) is 0.0238. The van der Waals surface area contributed by atoms with Gasteiger partial charge in [0.15, 0.2) is 17.6 Å². The Morgan fingerprint density at radius 1 is 0.542 bits per heavy atom. The minimum Gasteiger partial charge on any atom is -0.456 e. The highest BCUT2D eigenvalue weighted by Gasteiger charge is 2.27. The second-order valence-corrected chi connectivity index (χ2v) is 12.1. The number of nitrogens with one attached hydrogen (secondary N) is 1. The number of pyridine rings is 1. The summed E-state index contributed by atoms with van der Waals surface area (Å²) in [6, 6.07) is 45.6. The number of amidine groups is 2. The van der Waals surface area contributed by atoms with Crippen LogP contribution in [0, 0.1) is 0 Å². The summed E-state index contributed by atoms with van der Waals surface area (Å²) in [5, 5.41) is 10.0. The fourth-order valence-corrected chi connectivity index (χ4v) is 7.00. The van der Waals surface area contributed by atoms with Crippen molar-refractivity contribution < 1.29 is 8.83 Å². The number of nitrogens with zero attached hydrogens (tertiary/aromatic N) is 3. The average Bonchev–Trinajstić information content (AvgIpc) is 3.73. The van der Waals surface area contributed by atoms with E-state index in [-0.39, 0.29) is 0 Å². The molecule has 0 radical (unpaired) electrons. The van der Waals surface area contributed by atoms with E-state index in [1.807, 2.05) is 54.7 Å². The number of furan rings is 2. The number of hydrogen-bond acceptors (Lipinski definition) is 6. The van der Waals surface area contributed by atoms with Crippen molar-refractivity contribution >= 4 is 66.3 Å². The van der Waals surface area contributed by atoms with Crippen molar-refractivity contribution in [3.05, 3.63) is 163 Å². The van der Waals surface area contributed by atoms with Gasteiger partial charge in [-0.1, -0.05) is 115 Å². The lowest BCUT2D eigenvalue weighted by Gasteiger charge is -2.24. The molecular formula is C42H26N4O2. The summed E-state index contributed by atoms with van der Waals surface area (Å²) in [6.45, 7) is 0. The van der Waals surface area contributed by atoms with Crippen LogP contribution >= 0.6 is 0 Å². The van der Waals surface area contributed by atoms with Crippen molar-refractivity contribution in [1.82, 2.24) is 10.3 Å². The maximum atomic E-state index is 6.62. The maximum absolute atomic E-state index is 6.62. The van der Waals surface area contributed by atoms with Gasteiger partial charge in [0.2, 0.25) is 0 Å². The monoisotopic (exact) mass is 618 g/mol. The highest BCUT2D eigenvalue weighted by atomic mass is 16.3. The van der Waals surface area contributed by atoms with Crippen LogP contribution in [0.5, 0.6) is 0 Å². The Balaban J connectivity index is 1.18. The predicted octanol–water partition coefficient (Wildman–Crippen LogP) is 10.2. The molecule has 10 rings (SSSR count). The third kappa shape index (κ3) is 4.16. The van der Waals surface area contributed by atoms with E-state index in [2.05, 4.69) is 95.2 Å². The Morgan fingerprint density at radius 2 is 1.31 bits per heavy atom. The third-order valence-corrected chi connectivity index (χ3v) is 9.23. The number of fused-ring (bicyclic) bond motifs is 7. The molecule has 226 valence electrons. The van der Waals surface area contributed by atoms with E-state index in [1.54, 1.807) is 6.20 Å². The highest BCUT2D eigenvalue weighted by molar-refractivity contribution is 6.22. The first kappa shape index (κ1) is 26.7. The lowest BCUT2D eigenvalue weighted by atomic mass is 9.98. The van der Waals surface area contributed by atoms with Gasteiger partial charge in [-0.15, -0.1) is 0 Å². The first-order chi connectivity index (χ1) is 23.8. The summed E-state index contributed by atoms with van der Waals surface area (Å²) in [7, 11) is 0. The standard InChI is InChI=1S/C42H26N4O2/c1-2-11-26(12-3-1)40-44-41(32-17-9-19-35-37(32)30-14-6-7-18-34(30)47-35)46-42(45-40)33-23-43-24-36-38(33)31-16-8-15-29(39(31)48-36)28-21-20-25-10-4-5-13-27(25)22-28/h1-24,42H,(H,44,45,46). The van der Waals surface area contributed by atoms with Crippen LogP contribution in [0.15, 0.2) is 165 Å². The summed E-state index contributed by atoms with van der Waals surface area (Å²) >= 11 is 0. The van der Waals surface area contributed by atoms with Gasteiger partial charge < -0.3 is 14.2 Å². The molecule has 0 saturated heterocycles. The van der Waals surface area contributed by atoms with Gasteiger partial charge >= 0.3 is 0 Å². The molecule has 1 unspecified atom stereocenters. The van der Waals surface area contributed by atoms with Crippen LogP contribution in [0.2, 0.25) is 0 Å². The molecule has 0 bridgehead atoms. The Labute approximate surface area is 274 Å². The molecule has 0 amide bonds. The van der Waals surface area contributed by atoms with Gasteiger partial charge in [-0.2, -0.15) is 0 Å². The smallest absolute Gasteiger partial charge is 0.160 e. The molecule has 6 aromatic carbocycles. The molecule has 1 atom stereocenters. The van der Waals surface area contributed by atoms with E-state index in [9.17, 15) is 0 Å². The topological polar surface area (TPSA) is 75.9 Å². The van der Waals surface area contributed by atoms with Gasteiger partial charge in [0.1, 0.15) is 22.6 Å². The second kappa shape index (κ2) is 10.5. The van der Waals surface area contributed by atoms with E-state index in [0.29, 0.717) is 11.4 Å². The van der Waals surface area contributed by atoms with Gasteiger partial charge in [-0.25, -0.2) is 9.98 Å². The Kier molecular flexibility index (Phi) is 5.84. The average molecular weight is 619 g/mol. The van der Waals surface area contributed by atoms with Crippen molar-refractivity contribution in [3.8, 4) is 11.1 Å². The molecule has 3 aromatic heterocycles. The molecule has 0 aliphatic carbocycles. The molecule has 6 nitrogen and oxygen atoms in total. The number of hydrogen-bond donors (Lipinski definition) is 1. The Bertz CT molecular complexity index is 2770.